The van der Waals surface area contributed by atoms with Crippen molar-refractivity contribution in [3.63, 3.8) is 0 Å². The van der Waals surface area contributed by atoms with Gasteiger partial charge in [0, 0.05) is 19.3 Å². The highest BCUT2D eigenvalue weighted by atomic mass is 16.5. The van der Waals surface area contributed by atoms with E-state index in [4.69, 9.17) is 9.15 Å². The van der Waals surface area contributed by atoms with Gasteiger partial charge in [0.2, 0.25) is 11.8 Å². The topological polar surface area (TPSA) is 76.4 Å². The number of nitrogens with zero attached hydrogens (tertiary/aromatic N) is 1. The molecule has 1 amide bonds. The summed E-state index contributed by atoms with van der Waals surface area (Å²) in [4.78, 5) is 16.5. The molecular formula is C15H19N3O3. The predicted octanol–water partition coefficient (Wildman–Crippen LogP) is 1.91. The van der Waals surface area contributed by atoms with Gasteiger partial charge in [0.05, 0.1) is 5.92 Å². The smallest absolute Gasteiger partial charge is 0.228 e. The highest BCUT2D eigenvalue weighted by Gasteiger charge is 2.21. The third kappa shape index (κ3) is 3.22. The molecule has 0 spiro atoms. The number of methoxy groups -OCH3 is 1. The minimum absolute atomic E-state index is 0.0378. The molecule has 2 aromatic rings. The summed E-state index contributed by atoms with van der Waals surface area (Å²) >= 11 is 0. The molecule has 0 bridgehead atoms. The SMILES string of the molecule is COCc1nc2cc(NC(=O)C3CCCNC3)ccc2o1. The second-order valence-electron chi connectivity index (χ2n) is 5.26. The summed E-state index contributed by atoms with van der Waals surface area (Å²) < 4.78 is 10.5. The van der Waals surface area contributed by atoms with Gasteiger partial charge in [-0.1, -0.05) is 0 Å². The van der Waals surface area contributed by atoms with Crippen LogP contribution in [0.4, 0.5) is 5.69 Å². The molecule has 0 radical (unpaired) electrons. The maximum absolute atomic E-state index is 12.2. The summed E-state index contributed by atoms with van der Waals surface area (Å²) in [6, 6.07) is 5.47. The molecule has 1 saturated heterocycles. The van der Waals surface area contributed by atoms with Crippen molar-refractivity contribution < 1.29 is 13.9 Å². The molecule has 1 unspecified atom stereocenters. The van der Waals surface area contributed by atoms with Gasteiger partial charge < -0.3 is 19.8 Å². The van der Waals surface area contributed by atoms with Crippen molar-refractivity contribution in [2.45, 2.75) is 19.4 Å². The summed E-state index contributed by atoms with van der Waals surface area (Å²) in [6.07, 6.45) is 1.98. The fraction of sp³-hybridized carbons (Fsp3) is 0.467. The number of aromatic nitrogens is 1. The molecule has 0 saturated carbocycles. The summed E-state index contributed by atoms with van der Waals surface area (Å²) in [5.41, 5.74) is 2.16. The second kappa shape index (κ2) is 6.24. The van der Waals surface area contributed by atoms with Crippen LogP contribution in [0.15, 0.2) is 22.6 Å². The molecule has 1 fully saturated rings. The molecule has 6 nitrogen and oxygen atoms in total. The van der Waals surface area contributed by atoms with Crippen molar-refractivity contribution in [2.24, 2.45) is 5.92 Å². The molecule has 1 aliphatic rings. The standard InChI is InChI=1S/C15H19N3O3/c1-20-9-14-18-12-7-11(4-5-13(12)21-14)17-15(19)10-3-2-6-16-8-10/h4-5,7,10,16H,2-3,6,8-9H2,1H3,(H,17,19). The first-order chi connectivity index (χ1) is 10.3. The fourth-order valence-corrected chi connectivity index (χ4v) is 2.56. The number of anilines is 1. The molecule has 0 aliphatic carbocycles. The van der Waals surface area contributed by atoms with Crippen molar-refractivity contribution >= 4 is 22.7 Å². The van der Waals surface area contributed by atoms with Gasteiger partial charge in [-0.15, -0.1) is 0 Å². The number of fused-ring (bicyclic) bond motifs is 1. The number of benzene rings is 1. The Kier molecular flexibility index (Phi) is 4.17. The van der Waals surface area contributed by atoms with Crippen LogP contribution in [-0.4, -0.2) is 31.1 Å². The summed E-state index contributed by atoms with van der Waals surface area (Å²) in [6.45, 7) is 2.08. The highest BCUT2D eigenvalue weighted by molar-refractivity contribution is 5.94. The molecule has 2 N–H and O–H groups in total. The minimum Gasteiger partial charge on any atom is -0.438 e. The molecule has 1 atom stereocenters. The van der Waals surface area contributed by atoms with Crippen LogP contribution in [0.2, 0.25) is 0 Å². The van der Waals surface area contributed by atoms with E-state index < -0.39 is 0 Å². The molecule has 3 rings (SSSR count). The lowest BCUT2D eigenvalue weighted by Crippen LogP contribution is -2.37. The number of hydrogen-bond acceptors (Lipinski definition) is 5. The van der Waals surface area contributed by atoms with Crippen molar-refractivity contribution in [1.29, 1.82) is 0 Å². The van der Waals surface area contributed by atoms with Crippen LogP contribution in [0, 0.1) is 5.92 Å². The Morgan fingerprint density at radius 1 is 1.57 bits per heavy atom. The van der Waals surface area contributed by atoms with Crippen LogP contribution in [0.25, 0.3) is 11.1 Å². The van der Waals surface area contributed by atoms with Gasteiger partial charge in [-0.05, 0) is 37.6 Å². The Bertz CT molecular complexity index is 632. The van der Waals surface area contributed by atoms with E-state index in [0.29, 0.717) is 18.1 Å². The Morgan fingerprint density at radius 2 is 2.48 bits per heavy atom. The lowest BCUT2D eigenvalue weighted by Gasteiger charge is -2.21. The number of amides is 1. The third-order valence-corrected chi connectivity index (χ3v) is 3.63. The number of carbonyl (C=O) groups excluding carboxylic acids is 1. The first-order valence-electron chi connectivity index (χ1n) is 7.16. The molecule has 1 aliphatic heterocycles. The van der Waals surface area contributed by atoms with E-state index >= 15 is 0 Å². The number of rotatable bonds is 4. The fourth-order valence-electron chi connectivity index (χ4n) is 2.56. The summed E-state index contributed by atoms with van der Waals surface area (Å²) in [7, 11) is 1.60. The molecule has 21 heavy (non-hydrogen) atoms. The van der Waals surface area contributed by atoms with E-state index in [0.717, 1.165) is 37.1 Å². The van der Waals surface area contributed by atoms with Crippen molar-refractivity contribution in [1.82, 2.24) is 10.3 Å². The normalized spacial score (nSPS) is 18.8. The molecular weight excluding hydrogens is 270 g/mol. The van der Waals surface area contributed by atoms with Gasteiger partial charge in [-0.25, -0.2) is 4.98 Å². The Labute approximate surface area is 122 Å². The van der Waals surface area contributed by atoms with Gasteiger partial charge in [0.15, 0.2) is 5.58 Å². The lowest BCUT2D eigenvalue weighted by atomic mass is 9.99. The van der Waals surface area contributed by atoms with Crippen molar-refractivity contribution in [2.75, 3.05) is 25.5 Å². The Balaban J connectivity index is 1.72. The quantitative estimate of drug-likeness (QED) is 0.899. The maximum Gasteiger partial charge on any atom is 0.228 e. The zero-order valence-corrected chi connectivity index (χ0v) is 12.0. The first-order valence-corrected chi connectivity index (χ1v) is 7.16. The molecule has 6 heteroatoms. The average Bonchev–Trinajstić information content (AvgIpc) is 2.90. The van der Waals surface area contributed by atoms with E-state index in [1.807, 2.05) is 18.2 Å². The zero-order valence-electron chi connectivity index (χ0n) is 12.0. The number of nitrogens with one attached hydrogen (secondary N) is 2. The minimum atomic E-state index is 0.0378. The zero-order chi connectivity index (χ0) is 14.7. The van der Waals surface area contributed by atoms with E-state index in [-0.39, 0.29) is 11.8 Å². The molecule has 112 valence electrons. The maximum atomic E-state index is 12.2. The largest absolute Gasteiger partial charge is 0.438 e. The van der Waals surface area contributed by atoms with Crippen LogP contribution >= 0.6 is 0 Å². The number of hydrogen-bond donors (Lipinski definition) is 2. The Morgan fingerprint density at radius 3 is 3.24 bits per heavy atom. The van der Waals surface area contributed by atoms with Crippen LogP contribution in [0.5, 0.6) is 0 Å². The molecule has 1 aromatic heterocycles. The number of piperidine rings is 1. The van der Waals surface area contributed by atoms with Crippen LogP contribution < -0.4 is 10.6 Å². The highest BCUT2D eigenvalue weighted by Crippen LogP contribution is 2.21. The van der Waals surface area contributed by atoms with Gasteiger partial charge >= 0.3 is 0 Å². The van der Waals surface area contributed by atoms with Gasteiger partial charge in [0.1, 0.15) is 12.1 Å². The van der Waals surface area contributed by atoms with E-state index in [1.165, 1.54) is 0 Å². The predicted molar refractivity (Wildman–Crippen MR) is 78.9 cm³/mol. The number of ether oxygens (including phenoxy) is 1. The average molecular weight is 289 g/mol. The van der Waals surface area contributed by atoms with E-state index in [1.54, 1.807) is 7.11 Å². The Hall–Kier alpha value is -1.92. The van der Waals surface area contributed by atoms with Crippen molar-refractivity contribution in [3.05, 3.63) is 24.1 Å². The summed E-state index contributed by atoms with van der Waals surface area (Å²) in [5, 5.41) is 6.20. The van der Waals surface area contributed by atoms with Gasteiger partial charge in [-0.3, -0.25) is 4.79 Å². The van der Waals surface area contributed by atoms with Crippen LogP contribution in [-0.2, 0) is 16.1 Å². The monoisotopic (exact) mass is 289 g/mol. The second-order valence-corrected chi connectivity index (χ2v) is 5.26. The summed E-state index contributed by atoms with van der Waals surface area (Å²) in [5.74, 6) is 0.630. The van der Waals surface area contributed by atoms with Gasteiger partial charge in [0.25, 0.3) is 0 Å². The van der Waals surface area contributed by atoms with E-state index in [2.05, 4.69) is 15.6 Å². The lowest BCUT2D eigenvalue weighted by molar-refractivity contribution is -0.120. The van der Waals surface area contributed by atoms with E-state index in [9.17, 15) is 4.79 Å². The van der Waals surface area contributed by atoms with Gasteiger partial charge in [-0.2, -0.15) is 0 Å². The van der Waals surface area contributed by atoms with Crippen molar-refractivity contribution in [3.8, 4) is 0 Å². The van der Waals surface area contributed by atoms with Crippen LogP contribution in [0.3, 0.4) is 0 Å². The molecule has 2 heterocycles. The third-order valence-electron chi connectivity index (χ3n) is 3.63. The van der Waals surface area contributed by atoms with Crippen LogP contribution in [0.1, 0.15) is 18.7 Å². The number of oxazole rings is 1. The molecule has 1 aromatic carbocycles. The number of carbonyl (C=O) groups is 1. The first kappa shape index (κ1) is 14.0.